The van der Waals surface area contributed by atoms with Crippen molar-refractivity contribution in [3.8, 4) is 11.5 Å². The van der Waals surface area contributed by atoms with E-state index < -0.39 is 0 Å². The van der Waals surface area contributed by atoms with Crippen LogP contribution in [0.4, 0.5) is 5.69 Å². The highest BCUT2D eigenvalue weighted by molar-refractivity contribution is 5.57. The van der Waals surface area contributed by atoms with Gasteiger partial charge in [-0.25, -0.2) is 0 Å². The van der Waals surface area contributed by atoms with Crippen molar-refractivity contribution in [2.45, 2.75) is 41.2 Å². The highest BCUT2D eigenvalue weighted by atomic mass is 16.6. The molecule has 150 valence electrons. The normalized spacial score (nSPS) is 17.1. The topological polar surface area (TPSA) is 24.9 Å². The maximum Gasteiger partial charge on any atom is 0.163 e. The monoisotopic (exact) mass is 380 g/mol. The number of anilines is 1. The zero-order valence-electron chi connectivity index (χ0n) is 17.9. The highest BCUT2D eigenvalue weighted by Crippen LogP contribution is 2.34. The van der Waals surface area contributed by atoms with Crippen molar-refractivity contribution in [3.05, 3.63) is 51.6 Å². The molecule has 0 aromatic heterocycles. The van der Waals surface area contributed by atoms with Gasteiger partial charge in [0.15, 0.2) is 11.5 Å². The summed E-state index contributed by atoms with van der Waals surface area (Å²) in [5.41, 5.74) is 10.0. The molecule has 0 amide bonds. The molecular weight excluding hydrogens is 348 g/mol. The number of rotatable bonds is 3. The Hall–Kier alpha value is -2.20. The maximum absolute atomic E-state index is 5.75. The molecule has 0 radical (unpaired) electrons. The molecular formula is C24H32N2O2. The highest BCUT2D eigenvalue weighted by Gasteiger charge is 2.21. The van der Waals surface area contributed by atoms with Crippen LogP contribution in [-0.2, 0) is 6.54 Å². The van der Waals surface area contributed by atoms with E-state index in [-0.39, 0.29) is 0 Å². The second kappa shape index (κ2) is 7.67. The molecule has 1 saturated heterocycles. The SMILES string of the molecule is Cc1c(C)c(C)c(CN2CCN(c3ccc4c(c3)OCCO4)CC2)c(C)c1C. The maximum atomic E-state index is 5.75. The van der Waals surface area contributed by atoms with Crippen LogP contribution >= 0.6 is 0 Å². The van der Waals surface area contributed by atoms with Crippen molar-refractivity contribution in [1.82, 2.24) is 4.90 Å². The fourth-order valence-electron chi connectivity index (χ4n) is 4.43. The van der Waals surface area contributed by atoms with Gasteiger partial charge in [-0.3, -0.25) is 4.90 Å². The molecule has 2 aromatic rings. The lowest BCUT2D eigenvalue weighted by Crippen LogP contribution is -2.46. The number of nitrogens with zero attached hydrogens (tertiary/aromatic N) is 2. The average Bonchev–Trinajstić information content (AvgIpc) is 2.74. The number of fused-ring (bicyclic) bond motifs is 1. The third kappa shape index (κ3) is 3.46. The van der Waals surface area contributed by atoms with Crippen molar-refractivity contribution >= 4 is 5.69 Å². The minimum absolute atomic E-state index is 0.637. The first kappa shape index (κ1) is 19.1. The van der Waals surface area contributed by atoms with Gasteiger partial charge in [-0.2, -0.15) is 0 Å². The molecule has 2 aliphatic heterocycles. The second-order valence-corrected chi connectivity index (χ2v) is 8.19. The van der Waals surface area contributed by atoms with Crippen LogP contribution in [-0.4, -0.2) is 44.3 Å². The molecule has 2 heterocycles. The molecule has 2 aromatic carbocycles. The predicted molar refractivity (Wildman–Crippen MR) is 115 cm³/mol. The first-order chi connectivity index (χ1) is 13.5. The van der Waals surface area contributed by atoms with E-state index in [1.165, 1.54) is 39.1 Å². The molecule has 2 aliphatic rings. The molecule has 0 aliphatic carbocycles. The summed E-state index contributed by atoms with van der Waals surface area (Å²) >= 11 is 0. The number of piperazine rings is 1. The van der Waals surface area contributed by atoms with E-state index in [0.29, 0.717) is 13.2 Å². The molecule has 0 bridgehead atoms. The van der Waals surface area contributed by atoms with E-state index in [0.717, 1.165) is 44.2 Å². The van der Waals surface area contributed by atoms with E-state index >= 15 is 0 Å². The van der Waals surface area contributed by atoms with Gasteiger partial charge in [-0.05, 0) is 80.1 Å². The fourth-order valence-corrected chi connectivity index (χ4v) is 4.43. The summed E-state index contributed by atoms with van der Waals surface area (Å²) in [4.78, 5) is 5.05. The minimum atomic E-state index is 0.637. The first-order valence-corrected chi connectivity index (χ1v) is 10.4. The summed E-state index contributed by atoms with van der Waals surface area (Å²) in [6.07, 6.45) is 0. The molecule has 4 rings (SSSR count). The summed E-state index contributed by atoms with van der Waals surface area (Å²) in [6, 6.07) is 6.33. The summed E-state index contributed by atoms with van der Waals surface area (Å²) < 4.78 is 11.4. The third-order valence-electron chi connectivity index (χ3n) is 6.80. The molecule has 0 unspecified atom stereocenters. The average molecular weight is 381 g/mol. The van der Waals surface area contributed by atoms with Crippen molar-refractivity contribution in [2.75, 3.05) is 44.3 Å². The van der Waals surface area contributed by atoms with E-state index in [1.54, 1.807) is 0 Å². The zero-order valence-corrected chi connectivity index (χ0v) is 17.9. The van der Waals surface area contributed by atoms with E-state index in [1.807, 2.05) is 6.07 Å². The smallest absolute Gasteiger partial charge is 0.163 e. The van der Waals surface area contributed by atoms with Gasteiger partial charge < -0.3 is 14.4 Å². The predicted octanol–water partition coefficient (Wildman–Crippen LogP) is 4.32. The number of hydrogen-bond acceptors (Lipinski definition) is 4. The quantitative estimate of drug-likeness (QED) is 0.792. The Bertz CT molecular complexity index is 854. The standard InChI is InChI=1S/C24H32N2O2/c1-16-17(2)19(4)22(20(5)18(16)3)15-25-8-10-26(11-9-25)21-6-7-23-24(14-21)28-13-12-27-23/h6-7,14H,8-13,15H2,1-5H3. The van der Waals surface area contributed by atoms with Crippen LogP contribution in [0.3, 0.4) is 0 Å². The minimum Gasteiger partial charge on any atom is -0.486 e. The molecule has 4 nitrogen and oxygen atoms in total. The lowest BCUT2D eigenvalue weighted by Gasteiger charge is -2.37. The van der Waals surface area contributed by atoms with Crippen LogP contribution in [0.2, 0.25) is 0 Å². The zero-order chi connectivity index (χ0) is 19.8. The Labute approximate surface area is 169 Å². The molecule has 28 heavy (non-hydrogen) atoms. The van der Waals surface area contributed by atoms with Crippen molar-refractivity contribution in [2.24, 2.45) is 0 Å². The van der Waals surface area contributed by atoms with Crippen molar-refractivity contribution < 1.29 is 9.47 Å². The lowest BCUT2D eigenvalue weighted by molar-refractivity contribution is 0.171. The van der Waals surface area contributed by atoms with Gasteiger partial charge >= 0.3 is 0 Å². The number of hydrogen-bond donors (Lipinski definition) is 0. The summed E-state index contributed by atoms with van der Waals surface area (Å²) in [6.45, 7) is 17.9. The van der Waals surface area contributed by atoms with Gasteiger partial charge in [-0.1, -0.05) is 0 Å². The molecule has 0 saturated carbocycles. The number of benzene rings is 2. The van der Waals surface area contributed by atoms with Crippen molar-refractivity contribution in [1.29, 1.82) is 0 Å². The molecule has 0 atom stereocenters. The van der Waals surface area contributed by atoms with Crippen LogP contribution in [0.1, 0.15) is 33.4 Å². The molecule has 0 spiro atoms. The van der Waals surface area contributed by atoms with Gasteiger partial charge in [-0.15, -0.1) is 0 Å². The van der Waals surface area contributed by atoms with Gasteiger partial charge in [0.25, 0.3) is 0 Å². The van der Waals surface area contributed by atoms with Gasteiger partial charge in [0.05, 0.1) is 0 Å². The lowest BCUT2D eigenvalue weighted by atomic mass is 9.89. The fraction of sp³-hybridized carbons (Fsp3) is 0.500. The summed E-state index contributed by atoms with van der Waals surface area (Å²) in [5, 5.41) is 0. The summed E-state index contributed by atoms with van der Waals surface area (Å²) in [5.74, 6) is 1.74. The Balaban J connectivity index is 1.44. The molecule has 0 N–H and O–H groups in total. The van der Waals surface area contributed by atoms with Gasteiger partial charge in [0.2, 0.25) is 0 Å². The van der Waals surface area contributed by atoms with Crippen LogP contribution in [0, 0.1) is 34.6 Å². The van der Waals surface area contributed by atoms with Crippen LogP contribution in [0.15, 0.2) is 18.2 Å². The number of ether oxygens (including phenoxy) is 2. The van der Waals surface area contributed by atoms with Crippen LogP contribution in [0.5, 0.6) is 11.5 Å². The van der Waals surface area contributed by atoms with Gasteiger partial charge in [0, 0.05) is 44.5 Å². The van der Waals surface area contributed by atoms with E-state index in [4.69, 9.17) is 9.47 Å². The van der Waals surface area contributed by atoms with E-state index in [9.17, 15) is 0 Å². The van der Waals surface area contributed by atoms with E-state index in [2.05, 4.69) is 56.6 Å². The Morgan fingerprint density at radius 3 is 1.93 bits per heavy atom. The van der Waals surface area contributed by atoms with Gasteiger partial charge in [0.1, 0.15) is 13.2 Å². The van der Waals surface area contributed by atoms with Crippen LogP contribution < -0.4 is 14.4 Å². The summed E-state index contributed by atoms with van der Waals surface area (Å²) in [7, 11) is 0. The second-order valence-electron chi connectivity index (χ2n) is 8.19. The van der Waals surface area contributed by atoms with Crippen molar-refractivity contribution in [3.63, 3.8) is 0 Å². The Morgan fingerprint density at radius 2 is 1.29 bits per heavy atom. The molecule has 1 fully saturated rings. The largest absolute Gasteiger partial charge is 0.486 e. The third-order valence-corrected chi connectivity index (χ3v) is 6.80. The first-order valence-electron chi connectivity index (χ1n) is 10.4. The van der Waals surface area contributed by atoms with Crippen LogP contribution in [0.25, 0.3) is 0 Å². The Kier molecular flexibility index (Phi) is 5.24. The Morgan fingerprint density at radius 1 is 0.714 bits per heavy atom. The molecule has 4 heteroatoms.